The Hall–Kier alpha value is -2.34. The Morgan fingerprint density at radius 2 is 1.89 bits per heavy atom. The summed E-state index contributed by atoms with van der Waals surface area (Å²) in [5, 5.41) is 0. The summed E-state index contributed by atoms with van der Waals surface area (Å²) < 4.78 is 10.9. The van der Waals surface area contributed by atoms with E-state index in [1.807, 2.05) is 25.1 Å². The van der Waals surface area contributed by atoms with Gasteiger partial charge >= 0.3 is 0 Å². The molecule has 0 saturated heterocycles. The van der Waals surface area contributed by atoms with Gasteiger partial charge in [-0.3, -0.25) is 0 Å². The average molecular weight is 246 g/mol. The second-order valence-electron chi connectivity index (χ2n) is 3.55. The first kappa shape index (κ1) is 12.1. The molecule has 1 aromatic heterocycles. The molecule has 94 valence electrons. The molecule has 1 heterocycles. The van der Waals surface area contributed by atoms with Crippen LogP contribution < -0.4 is 20.7 Å². The molecule has 0 aliphatic carbocycles. The summed E-state index contributed by atoms with van der Waals surface area (Å²) >= 11 is 0. The van der Waals surface area contributed by atoms with E-state index in [2.05, 4.69) is 15.4 Å². The summed E-state index contributed by atoms with van der Waals surface area (Å²) in [6.45, 7) is 1.82. The number of hydrogen-bond donors (Lipinski definition) is 2. The number of nitrogen functional groups attached to an aromatic ring is 1. The van der Waals surface area contributed by atoms with Crippen LogP contribution in [0, 0.1) is 6.92 Å². The van der Waals surface area contributed by atoms with Crippen molar-refractivity contribution in [3.63, 3.8) is 0 Å². The van der Waals surface area contributed by atoms with Crippen LogP contribution >= 0.6 is 0 Å². The van der Waals surface area contributed by atoms with Crippen LogP contribution in [-0.2, 0) is 0 Å². The van der Waals surface area contributed by atoms with E-state index in [9.17, 15) is 0 Å². The smallest absolute Gasteiger partial charge is 0.227 e. The number of nitrogens with zero attached hydrogens (tertiary/aromatic N) is 2. The lowest BCUT2D eigenvalue weighted by molar-refractivity contribution is 0.373. The molecule has 0 spiro atoms. The molecule has 2 rings (SSSR count). The highest BCUT2D eigenvalue weighted by molar-refractivity contribution is 5.49. The molecule has 0 bridgehead atoms. The first-order valence-corrected chi connectivity index (χ1v) is 5.35. The van der Waals surface area contributed by atoms with E-state index >= 15 is 0 Å². The molecule has 1 aromatic carbocycles. The van der Waals surface area contributed by atoms with Crippen LogP contribution in [0.5, 0.6) is 17.4 Å². The predicted octanol–water partition coefficient (Wildman–Crippen LogP) is 1.87. The van der Waals surface area contributed by atoms with Gasteiger partial charge in [-0.2, -0.15) is 0 Å². The van der Waals surface area contributed by atoms with Gasteiger partial charge in [0.1, 0.15) is 12.1 Å². The lowest BCUT2D eigenvalue weighted by Crippen LogP contribution is -2.11. The molecule has 0 amide bonds. The van der Waals surface area contributed by atoms with Crippen LogP contribution in [0.4, 0.5) is 5.82 Å². The normalized spacial score (nSPS) is 9.94. The minimum Gasteiger partial charge on any atom is -0.493 e. The molecule has 0 atom stereocenters. The highest BCUT2D eigenvalue weighted by atomic mass is 16.5. The van der Waals surface area contributed by atoms with Gasteiger partial charge < -0.3 is 14.9 Å². The van der Waals surface area contributed by atoms with E-state index in [1.165, 1.54) is 6.33 Å². The number of nitrogens with two attached hydrogens (primary N) is 1. The monoisotopic (exact) mass is 246 g/mol. The van der Waals surface area contributed by atoms with Gasteiger partial charge in [0.2, 0.25) is 5.88 Å². The third-order valence-corrected chi connectivity index (χ3v) is 2.45. The lowest BCUT2D eigenvalue weighted by atomic mass is 10.3. The second kappa shape index (κ2) is 5.33. The van der Waals surface area contributed by atoms with Crippen LogP contribution in [0.15, 0.2) is 30.6 Å². The zero-order valence-corrected chi connectivity index (χ0v) is 10.2. The van der Waals surface area contributed by atoms with E-state index in [1.54, 1.807) is 13.2 Å². The Morgan fingerprint density at radius 3 is 2.56 bits per heavy atom. The Kier molecular flexibility index (Phi) is 3.59. The standard InChI is InChI=1S/C12H14N4O2/c1-8-11(16-13)14-7-15-12(8)18-10-6-4-3-5-9(10)17-2/h3-7H,13H2,1-2H3,(H,14,15,16). The van der Waals surface area contributed by atoms with Crippen molar-refractivity contribution in [2.24, 2.45) is 5.84 Å². The molecular formula is C12H14N4O2. The molecule has 0 fully saturated rings. The van der Waals surface area contributed by atoms with Crippen molar-refractivity contribution in [3.05, 3.63) is 36.2 Å². The summed E-state index contributed by atoms with van der Waals surface area (Å²) in [4.78, 5) is 8.06. The minimum atomic E-state index is 0.433. The number of para-hydroxylation sites is 2. The van der Waals surface area contributed by atoms with E-state index in [0.717, 1.165) is 5.56 Å². The number of nitrogens with one attached hydrogen (secondary N) is 1. The molecule has 0 aliphatic rings. The zero-order chi connectivity index (χ0) is 13.0. The van der Waals surface area contributed by atoms with Crippen molar-refractivity contribution in [2.45, 2.75) is 6.92 Å². The fraction of sp³-hybridized carbons (Fsp3) is 0.167. The quantitative estimate of drug-likeness (QED) is 0.633. The van der Waals surface area contributed by atoms with Crippen molar-refractivity contribution in [1.29, 1.82) is 0 Å². The summed E-state index contributed by atoms with van der Waals surface area (Å²) in [5.74, 6) is 7.53. The highest BCUT2D eigenvalue weighted by Gasteiger charge is 2.10. The fourth-order valence-corrected chi connectivity index (χ4v) is 1.49. The summed E-state index contributed by atoms with van der Waals surface area (Å²) in [5.41, 5.74) is 3.22. The zero-order valence-electron chi connectivity index (χ0n) is 10.2. The third kappa shape index (κ3) is 2.33. The molecule has 0 aliphatic heterocycles. The molecule has 18 heavy (non-hydrogen) atoms. The van der Waals surface area contributed by atoms with Crippen LogP contribution in [0.3, 0.4) is 0 Å². The van der Waals surface area contributed by atoms with Crippen LogP contribution in [0.25, 0.3) is 0 Å². The Bertz CT molecular complexity index is 545. The third-order valence-electron chi connectivity index (χ3n) is 2.45. The Labute approximate surface area is 105 Å². The topological polar surface area (TPSA) is 82.3 Å². The maximum Gasteiger partial charge on any atom is 0.227 e. The molecule has 3 N–H and O–H groups in total. The molecule has 6 nitrogen and oxygen atoms in total. The first-order valence-electron chi connectivity index (χ1n) is 5.35. The lowest BCUT2D eigenvalue weighted by Gasteiger charge is -2.12. The Morgan fingerprint density at radius 1 is 1.17 bits per heavy atom. The van der Waals surface area contributed by atoms with Gasteiger partial charge in [-0.25, -0.2) is 15.8 Å². The number of methoxy groups -OCH3 is 1. The number of aromatic nitrogens is 2. The van der Waals surface area contributed by atoms with Crippen molar-refractivity contribution in [2.75, 3.05) is 12.5 Å². The van der Waals surface area contributed by atoms with Crippen molar-refractivity contribution in [3.8, 4) is 17.4 Å². The van der Waals surface area contributed by atoms with Gasteiger partial charge in [0, 0.05) is 0 Å². The van der Waals surface area contributed by atoms with Crippen LogP contribution in [0.2, 0.25) is 0 Å². The van der Waals surface area contributed by atoms with E-state index in [0.29, 0.717) is 23.2 Å². The number of ether oxygens (including phenoxy) is 2. The molecule has 6 heteroatoms. The van der Waals surface area contributed by atoms with Gasteiger partial charge in [-0.05, 0) is 19.1 Å². The first-order chi connectivity index (χ1) is 8.76. The predicted molar refractivity (Wildman–Crippen MR) is 67.6 cm³/mol. The van der Waals surface area contributed by atoms with E-state index < -0.39 is 0 Å². The van der Waals surface area contributed by atoms with Crippen LogP contribution in [-0.4, -0.2) is 17.1 Å². The van der Waals surface area contributed by atoms with Gasteiger partial charge in [-0.15, -0.1) is 0 Å². The molecular weight excluding hydrogens is 232 g/mol. The van der Waals surface area contributed by atoms with Gasteiger partial charge in [0.25, 0.3) is 0 Å². The average Bonchev–Trinajstić information content (AvgIpc) is 2.42. The van der Waals surface area contributed by atoms with Crippen molar-refractivity contribution in [1.82, 2.24) is 9.97 Å². The largest absolute Gasteiger partial charge is 0.493 e. The summed E-state index contributed by atoms with van der Waals surface area (Å²) in [7, 11) is 1.59. The maximum atomic E-state index is 5.70. The highest BCUT2D eigenvalue weighted by Crippen LogP contribution is 2.32. The molecule has 2 aromatic rings. The molecule has 0 saturated carbocycles. The second-order valence-corrected chi connectivity index (χ2v) is 3.55. The molecule has 0 unspecified atom stereocenters. The van der Waals surface area contributed by atoms with Crippen molar-refractivity contribution < 1.29 is 9.47 Å². The van der Waals surface area contributed by atoms with Crippen LogP contribution in [0.1, 0.15) is 5.56 Å². The van der Waals surface area contributed by atoms with Gasteiger partial charge in [-0.1, -0.05) is 12.1 Å². The number of hydrazine groups is 1. The Balaban J connectivity index is 2.34. The minimum absolute atomic E-state index is 0.433. The van der Waals surface area contributed by atoms with Crippen molar-refractivity contribution >= 4 is 5.82 Å². The van der Waals surface area contributed by atoms with E-state index in [-0.39, 0.29) is 0 Å². The van der Waals surface area contributed by atoms with E-state index in [4.69, 9.17) is 15.3 Å². The summed E-state index contributed by atoms with van der Waals surface area (Å²) in [6.07, 6.45) is 1.38. The van der Waals surface area contributed by atoms with Gasteiger partial charge in [0.05, 0.1) is 12.7 Å². The SMILES string of the molecule is COc1ccccc1Oc1ncnc(NN)c1C. The number of rotatable bonds is 4. The van der Waals surface area contributed by atoms with Gasteiger partial charge in [0.15, 0.2) is 11.5 Å². The fourth-order valence-electron chi connectivity index (χ4n) is 1.49. The summed E-state index contributed by atoms with van der Waals surface area (Å²) in [6, 6.07) is 7.34. The maximum absolute atomic E-state index is 5.70. The number of benzene rings is 1. The number of anilines is 1. The number of hydrogen-bond acceptors (Lipinski definition) is 6. The molecule has 0 radical (unpaired) electrons.